The van der Waals surface area contributed by atoms with E-state index in [1.165, 1.54) is 6.33 Å². The monoisotopic (exact) mass is 349 g/mol. The molecule has 1 saturated heterocycles. The third-order valence-electron chi connectivity index (χ3n) is 4.60. The molecule has 0 aliphatic carbocycles. The van der Waals surface area contributed by atoms with Crippen molar-refractivity contribution in [1.29, 1.82) is 0 Å². The highest BCUT2D eigenvalue weighted by Crippen LogP contribution is 2.31. The van der Waals surface area contributed by atoms with Gasteiger partial charge in [-0.3, -0.25) is 4.79 Å². The lowest BCUT2D eigenvalue weighted by molar-refractivity contribution is 0.0561. The average molecular weight is 349 g/mol. The van der Waals surface area contributed by atoms with Crippen molar-refractivity contribution in [2.24, 2.45) is 0 Å². The maximum Gasteiger partial charge on any atom is 0.254 e. The minimum atomic E-state index is -0.166. The van der Waals surface area contributed by atoms with E-state index in [4.69, 9.17) is 4.52 Å². The van der Waals surface area contributed by atoms with Crippen molar-refractivity contribution in [3.05, 3.63) is 60.3 Å². The zero-order chi connectivity index (χ0) is 17.9. The Bertz CT molecular complexity index is 909. The van der Waals surface area contributed by atoms with Gasteiger partial charge in [0.25, 0.3) is 5.91 Å². The highest BCUT2D eigenvalue weighted by Gasteiger charge is 2.32. The topological polar surface area (TPSA) is 85.0 Å². The van der Waals surface area contributed by atoms with E-state index < -0.39 is 0 Å². The van der Waals surface area contributed by atoms with Crippen molar-refractivity contribution in [3.63, 3.8) is 0 Å². The Morgan fingerprint density at radius 2 is 2.04 bits per heavy atom. The number of aryl methyl sites for hydroxylation is 1. The molecule has 26 heavy (non-hydrogen) atoms. The molecule has 7 nitrogen and oxygen atoms in total. The molecular formula is C19H19N5O2. The van der Waals surface area contributed by atoms with E-state index >= 15 is 0 Å². The summed E-state index contributed by atoms with van der Waals surface area (Å²) in [6, 6.07) is 7.38. The number of likely N-dealkylation sites (tertiary alicyclic amines) is 1. The normalized spacial score (nSPS) is 17.3. The molecule has 1 atom stereocenters. The molecule has 0 spiro atoms. The molecule has 1 amide bonds. The summed E-state index contributed by atoms with van der Waals surface area (Å²) in [5.41, 5.74) is 2.43. The van der Waals surface area contributed by atoms with Gasteiger partial charge in [0.1, 0.15) is 12.4 Å². The molecule has 0 unspecified atom stereocenters. The summed E-state index contributed by atoms with van der Waals surface area (Å²) in [5, 5.41) is 3.87. The first-order valence-corrected chi connectivity index (χ1v) is 8.69. The Hall–Kier alpha value is -3.09. The van der Waals surface area contributed by atoms with Gasteiger partial charge in [-0.1, -0.05) is 17.3 Å². The van der Waals surface area contributed by atoms with E-state index in [9.17, 15) is 4.79 Å². The van der Waals surface area contributed by atoms with Crippen molar-refractivity contribution in [2.75, 3.05) is 6.54 Å². The molecule has 2 aromatic heterocycles. The summed E-state index contributed by atoms with van der Waals surface area (Å²) in [6.07, 6.45) is 7.81. The fourth-order valence-electron chi connectivity index (χ4n) is 3.33. The van der Waals surface area contributed by atoms with E-state index in [-0.39, 0.29) is 11.9 Å². The quantitative estimate of drug-likeness (QED) is 0.722. The van der Waals surface area contributed by atoms with Crippen LogP contribution in [0, 0.1) is 6.92 Å². The fourth-order valence-corrected chi connectivity index (χ4v) is 3.33. The van der Waals surface area contributed by atoms with Gasteiger partial charge in [0.05, 0.1) is 0 Å². The second-order valence-corrected chi connectivity index (χ2v) is 6.40. The summed E-state index contributed by atoms with van der Waals surface area (Å²) >= 11 is 0. The SMILES string of the molecule is Cc1noc([C@@H]2CCCCN2C(=O)c2cccc(-c3cncnc3)c2)n1. The second-order valence-electron chi connectivity index (χ2n) is 6.40. The number of rotatable bonds is 3. The Morgan fingerprint density at radius 1 is 1.19 bits per heavy atom. The highest BCUT2D eigenvalue weighted by molar-refractivity contribution is 5.95. The number of hydrogen-bond acceptors (Lipinski definition) is 6. The van der Waals surface area contributed by atoms with Gasteiger partial charge < -0.3 is 9.42 Å². The number of carbonyl (C=O) groups excluding carboxylic acids is 1. The largest absolute Gasteiger partial charge is 0.337 e. The highest BCUT2D eigenvalue weighted by atomic mass is 16.5. The average Bonchev–Trinajstić information content (AvgIpc) is 3.14. The van der Waals surface area contributed by atoms with Crippen LogP contribution in [0.25, 0.3) is 11.1 Å². The molecule has 1 aliphatic heterocycles. The Labute approximate surface area is 151 Å². The van der Waals surface area contributed by atoms with Crippen molar-refractivity contribution in [2.45, 2.75) is 32.2 Å². The minimum Gasteiger partial charge on any atom is -0.337 e. The van der Waals surface area contributed by atoms with Crippen LogP contribution in [0.5, 0.6) is 0 Å². The van der Waals surface area contributed by atoms with Gasteiger partial charge in [-0.25, -0.2) is 9.97 Å². The summed E-state index contributed by atoms with van der Waals surface area (Å²) in [5.74, 6) is 1.08. The van der Waals surface area contributed by atoms with E-state index in [1.54, 1.807) is 19.3 Å². The molecule has 3 heterocycles. The summed E-state index contributed by atoms with van der Waals surface area (Å²) in [4.78, 5) is 27.5. The molecule has 0 saturated carbocycles. The smallest absolute Gasteiger partial charge is 0.254 e. The first-order chi connectivity index (χ1) is 12.7. The third kappa shape index (κ3) is 3.20. The third-order valence-corrected chi connectivity index (χ3v) is 4.60. The van der Waals surface area contributed by atoms with Crippen LogP contribution in [0.15, 0.2) is 47.5 Å². The van der Waals surface area contributed by atoms with Gasteiger partial charge in [0, 0.05) is 30.1 Å². The molecule has 0 bridgehead atoms. The fraction of sp³-hybridized carbons (Fsp3) is 0.316. The molecule has 7 heteroatoms. The van der Waals surface area contributed by atoms with E-state index in [1.807, 2.05) is 29.2 Å². The zero-order valence-corrected chi connectivity index (χ0v) is 14.5. The molecule has 1 fully saturated rings. The van der Waals surface area contributed by atoms with Crippen LogP contribution in [-0.2, 0) is 0 Å². The molecule has 1 aromatic carbocycles. The Kier molecular flexibility index (Phi) is 4.43. The van der Waals surface area contributed by atoms with Gasteiger partial charge in [-0.05, 0) is 43.9 Å². The molecule has 3 aromatic rings. The zero-order valence-electron chi connectivity index (χ0n) is 14.5. The molecule has 4 rings (SSSR count). The van der Waals surface area contributed by atoms with Crippen LogP contribution in [0.3, 0.4) is 0 Å². The maximum atomic E-state index is 13.2. The van der Waals surface area contributed by atoms with Crippen LogP contribution >= 0.6 is 0 Å². The van der Waals surface area contributed by atoms with Crippen molar-refractivity contribution >= 4 is 5.91 Å². The number of nitrogens with zero attached hydrogens (tertiary/aromatic N) is 5. The van der Waals surface area contributed by atoms with Crippen molar-refractivity contribution in [1.82, 2.24) is 25.0 Å². The lowest BCUT2D eigenvalue weighted by Gasteiger charge is -2.33. The van der Waals surface area contributed by atoms with Crippen molar-refractivity contribution in [3.8, 4) is 11.1 Å². The maximum absolute atomic E-state index is 13.2. The minimum absolute atomic E-state index is 0.0238. The summed E-state index contributed by atoms with van der Waals surface area (Å²) < 4.78 is 5.34. The molecular weight excluding hydrogens is 330 g/mol. The predicted molar refractivity (Wildman–Crippen MR) is 94.1 cm³/mol. The first kappa shape index (κ1) is 16.4. The van der Waals surface area contributed by atoms with Gasteiger partial charge in [-0.15, -0.1) is 0 Å². The van der Waals surface area contributed by atoms with Crippen LogP contribution in [0.1, 0.15) is 47.4 Å². The van der Waals surface area contributed by atoms with E-state index in [2.05, 4.69) is 20.1 Å². The Morgan fingerprint density at radius 3 is 2.81 bits per heavy atom. The van der Waals surface area contributed by atoms with E-state index in [0.717, 1.165) is 30.4 Å². The first-order valence-electron chi connectivity index (χ1n) is 8.69. The number of amides is 1. The molecule has 0 radical (unpaired) electrons. The standard InChI is InChI=1S/C19H19N5O2/c1-13-22-18(26-23-13)17-7-2-3-8-24(17)19(25)15-6-4-5-14(9-15)16-10-20-12-21-11-16/h4-6,9-12,17H,2-3,7-8H2,1H3/t17-/m0/s1. The van der Waals surface area contributed by atoms with Gasteiger partial charge in [0.15, 0.2) is 5.82 Å². The van der Waals surface area contributed by atoms with Crippen LogP contribution < -0.4 is 0 Å². The number of hydrogen-bond donors (Lipinski definition) is 0. The lowest BCUT2D eigenvalue weighted by Crippen LogP contribution is -2.38. The predicted octanol–water partition coefficient (Wildman–Crippen LogP) is 3.20. The second kappa shape index (κ2) is 7.03. The number of benzene rings is 1. The van der Waals surface area contributed by atoms with Gasteiger partial charge >= 0.3 is 0 Å². The molecule has 1 aliphatic rings. The lowest BCUT2D eigenvalue weighted by atomic mass is 9.99. The number of piperidine rings is 1. The van der Waals surface area contributed by atoms with Crippen molar-refractivity contribution < 1.29 is 9.32 Å². The van der Waals surface area contributed by atoms with Gasteiger partial charge in [0.2, 0.25) is 5.89 Å². The summed E-state index contributed by atoms with van der Waals surface area (Å²) in [6.45, 7) is 2.47. The van der Waals surface area contributed by atoms with Gasteiger partial charge in [-0.2, -0.15) is 4.98 Å². The summed E-state index contributed by atoms with van der Waals surface area (Å²) in [7, 11) is 0. The van der Waals surface area contributed by atoms with Crippen LogP contribution in [0.4, 0.5) is 0 Å². The molecule has 0 N–H and O–H groups in total. The van der Waals surface area contributed by atoms with Crippen LogP contribution in [0.2, 0.25) is 0 Å². The number of carbonyl (C=O) groups is 1. The van der Waals surface area contributed by atoms with Crippen LogP contribution in [-0.4, -0.2) is 37.5 Å². The molecule has 132 valence electrons. The van der Waals surface area contributed by atoms with E-state index in [0.29, 0.717) is 23.8 Å². The number of aromatic nitrogens is 4. The Balaban J connectivity index is 1.63.